The molecule has 0 atom stereocenters. The van der Waals surface area contributed by atoms with Crippen molar-refractivity contribution in [2.75, 3.05) is 12.4 Å². The number of nitrogens with one attached hydrogen (secondary N) is 1. The zero-order valence-electron chi connectivity index (χ0n) is 12.0. The molecule has 1 aliphatic rings. The van der Waals surface area contributed by atoms with Crippen LogP contribution in [0.15, 0.2) is 29.6 Å². The average Bonchev–Trinajstić information content (AvgIpc) is 3.26. The van der Waals surface area contributed by atoms with Crippen molar-refractivity contribution in [3.05, 3.63) is 40.9 Å². The molecule has 1 saturated carbocycles. The number of ether oxygens (including phenoxy) is 1. The molecule has 1 aliphatic carbocycles. The maximum atomic E-state index is 11.9. The number of anilines is 1. The minimum atomic E-state index is 0.0162. The zero-order chi connectivity index (χ0) is 14.7. The summed E-state index contributed by atoms with van der Waals surface area (Å²) in [4.78, 5) is 16.4. The molecule has 21 heavy (non-hydrogen) atoms. The van der Waals surface area contributed by atoms with Crippen molar-refractivity contribution in [1.82, 2.24) is 4.98 Å². The first-order chi connectivity index (χ1) is 10.2. The van der Waals surface area contributed by atoms with Crippen molar-refractivity contribution in [3.63, 3.8) is 0 Å². The molecule has 0 spiro atoms. The Morgan fingerprint density at radius 1 is 1.38 bits per heavy atom. The predicted octanol–water partition coefficient (Wildman–Crippen LogP) is 3.60. The zero-order valence-corrected chi connectivity index (χ0v) is 12.8. The van der Waals surface area contributed by atoms with Crippen LogP contribution in [0.25, 0.3) is 0 Å². The number of benzene rings is 1. The molecular formula is C16H18N2O2S. The second kappa shape index (κ2) is 6.26. The largest absolute Gasteiger partial charge is 0.497 e. The monoisotopic (exact) mass is 302 g/mol. The first kappa shape index (κ1) is 14.1. The molecule has 0 aliphatic heterocycles. The number of nitrogens with zero attached hydrogens (tertiary/aromatic N) is 1. The van der Waals surface area contributed by atoms with Crippen LogP contribution in [0.2, 0.25) is 0 Å². The maximum absolute atomic E-state index is 11.9. The summed E-state index contributed by atoms with van der Waals surface area (Å²) in [6.45, 7) is 0. The summed E-state index contributed by atoms with van der Waals surface area (Å²) < 4.78 is 5.11. The summed E-state index contributed by atoms with van der Waals surface area (Å²) >= 11 is 1.51. The third kappa shape index (κ3) is 3.82. The molecule has 110 valence electrons. The Bertz CT molecular complexity index is 617. The van der Waals surface area contributed by atoms with E-state index in [1.165, 1.54) is 24.2 Å². The van der Waals surface area contributed by atoms with Gasteiger partial charge in [-0.05, 0) is 37.0 Å². The van der Waals surface area contributed by atoms with Crippen LogP contribution in [0, 0.1) is 0 Å². The van der Waals surface area contributed by atoms with Gasteiger partial charge in [0.05, 0.1) is 12.8 Å². The van der Waals surface area contributed by atoms with E-state index in [2.05, 4.69) is 15.7 Å². The van der Waals surface area contributed by atoms with E-state index < -0.39 is 0 Å². The summed E-state index contributed by atoms with van der Waals surface area (Å²) in [6.07, 6.45) is 3.64. The number of carbonyl (C=O) groups excluding carboxylic acids is 1. The lowest BCUT2D eigenvalue weighted by Crippen LogP contribution is -2.12. The summed E-state index contributed by atoms with van der Waals surface area (Å²) in [5, 5.41) is 5.65. The predicted molar refractivity (Wildman–Crippen MR) is 84.0 cm³/mol. The summed E-state index contributed by atoms with van der Waals surface area (Å²) in [7, 11) is 1.65. The Balaban J connectivity index is 1.48. The topological polar surface area (TPSA) is 51.2 Å². The number of rotatable bonds is 6. The quantitative estimate of drug-likeness (QED) is 0.887. The number of aromatic nitrogens is 1. The van der Waals surface area contributed by atoms with Crippen molar-refractivity contribution < 1.29 is 9.53 Å². The molecule has 0 saturated heterocycles. The minimum Gasteiger partial charge on any atom is -0.497 e. The van der Waals surface area contributed by atoms with E-state index in [4.69, 9.17) is 4.74 Å². The number of hydrogen-bond acceptors (Lipinski definition) is 4. The van der Waals surface area contributed by atoms with Crippen molar-refractivity contribution >= 4 is 22.4 Å². The third-order valence-electron chi connectivity index (χ3n) is 3.56. The van der Waals surface area contributed by atoms with Crippen LogP contribution in [0.5, 0.6) is 5.75 Å². The van der Waals surface area contributed by atoms with Crippen LogP contribution in [0.1, 0.15) is 36.4 Å². The fourth-order valence-electron chi connectivity index (χ4n) is 2.14. The number of thiazole rings is 1. The van der Waals surface area contributed by atoms with Crippen molar-refractivity contribution in [2.45, 2.75) is 31.6 Å². The van der Waals surface area contributed by atoms with Crippen molar-refractivity contribution in [3.8, 4) is 5.75 Å². The third-order valence-corrected chi connectivity index (χ3v) is 4.34. The lowest BCUT2D eigenvalue weighted by molar-refractivity contribution is -0.116. The number of methoxy groups -OCH3 is 1. The molecule has 4 nitrogen and oxygen atoms in total. The lowest BCUT2D eigenvalue weighted by atomic mass is 10.1. The van der Waals surface area contributed by atoms with E-state index in [1.807, 2.05) is 24.3 Å². The van der Waals surface area contributed by atoms with Crippen molar-refractivity contribution in [1.29, 1.82) is 0 Å². The standard InChI is InChI=1S/C16H18N2O2S/c1-20-13-7-2-11(3-8-13)4-9-15(19)18-16-17-14(10-21-16)12-5-6-12/h2-3,7-8,10,12H,4-6,9H2,1H3,(H,17,18,19). The van der Waals surface area contributed by atoms with E-state index >= 15 is 0 Å². The first-order valence-electron chi connectivity index (χ1n) is 7.13. The van der Waals surface area contributed by atoms with Gasteiger partial charge in [0.1, 0.15) is 5.75 Å². The van der Waals surface area contributed by atoms with Gasteiger partial charge in [-0.3, -0.25) is 4.79 Å². The van der Waals surface area contributed by atoms with Gasteiger partial charge in [0.2, 0.25) is 5.91 Å². The molecule has 1 aromatic heterocycles. The normalized spacial score (nSPS) is 14.0. The molecule has 0 radical (unpaired) electrons. The van der Waals surface area contributed by atoms with Gasteiger partial charge in [-0.2, -0.15) is 0 Å². The first-order valence-corrected chi connectivity index (χ1v) is 8.01. The maximum Gasteiger partial charge on any atom is 0.226 e. The molecule has 1 aromatic carbocycles. The highest BCUT2D eigenvalue weighted by Crippen LogP contribution is 2.40. The van der Waals surface area contributed by atoms with Gasteiger partial charge in [-0.15, -0.1) is 11.3 Å². The van der Waals surface area contributed by atoms with Gasteiger partial charge in [0.15, 0.2) is 5.13 Å². The molecule has 2 aromatic rings. The number of amides is 1. The Kier molecular flexibility index (Phi) is 4.20. The van der Waals surface area contributed by atoms with Crippen LogP contribution < -0.4 is 10.1 Å². The Hall–Kier alpha value is -1.88. The van der Waals surface area contributed by atoms with E-state index in [0.29, 0.717) is 12.3 Å². The summed E-state index contributed by atoms with van der Waals surface area (Å²) in [6, 6.07) is 7.80. The molecule has 0 bridgehead atoms. The molecule has 3 rings (SSSR count). The fourth-order valence-corrected chi connectivity index (χ4v) is 2.95. The SMILES string of the molecule is COc1ccc(CCC(=O)Nc2nc(C3CC3)cs2)cc1. The molecule has 0 unspecified atom stereocenters. The lowest BCUT2D eigenvalue weighted by Gasteiger charge is -2.04. The highest BCUT2D eigenvalue weighted by molar-refractivity contribution is 7.13. The van der Waals surface area contributed by atoms with E-state index in [-0.39, 0.29) is 5.91 Å². The highest BCUT2D eigenvalue weighted by atomic mass is 32.1. The average molecular weight is 302 g/mol. The van der Waals surface area contributed by atoms with Gasteiger partial charge >= 0.3 is 0 Å². The van der Waals surface area contributed by atoms with E-state index in [1.54, 1.807) is 7.11 Å². The molecule has 5 heteroatoms. The van der Waals surface area contributed by atoms with E-state index in [9.17, 15) is 4.79 Å². The molecule has 1 N–H and O–H groups in total. The van der Waals surface area contributed by atoms with Gasteiger partial charge in [-0.25, -0.2) is 4.98 Å². The molecule has 1 heterocycles. The Morgan fingerprint density at radius 3 is 2.81 bits per heavy atom. The van der Waals surface area contributed by atoms with E-state index in [0.717, 1.165) is 28.6 Å². The number of aryl methyl sites for hydroxylation is 1. The van der Waals surface area contributed by atoms with Crippen molar-refractivity contribution in [2.24, 2.45) is 0 Å². The minimum absolute atomic E-state index is 0.0162. The highest BCUT2D eigenvalue weighted by Gasteiger charge is 2.26. The van der Waals surface area contributed by atoms with Gasteiger partial charge in [0, 0.05) is 17.7 Å². The van der Waals surface area contributed by atoms with Crippen LogP contribution >= 0.6 is 11.3 Å². The smallest absolute Gasteiger partial charge is 0.226 e. The Morgan fingerprint density at radius 2 is 2.14 bits per heavy atom. The van der Waals surface area contributed by atoms with Crippen LogP contribution in [-0.4, -0.2) is 18.0 Å². The second-order valence-electron chi connectivity index (χ2n) is 5.25. The van der Waals surface area contributed by atoms with Crippen LogP contribution in [-0.2, 0) is 11.2 Å². The summed E-state index contributed by atoms with van der Waals surface area (Å²) in [5.74, 6) is 1.48. The summed E-state index contributed by atoms with van der Waals surface area (Å²) in [5.41, 5.74) is 2.26. The van der Waals surface area contributed by atoms with Gasteiger partial charge < -0.3 is 10.1 Å². The van der Waals surface area contributed by atoms with Crippen LogP contribution in [0.4, 0.5) is 5.13 Å². The molecule has 1 amide bonds. The molecular weight excluding hydrogens is 284 g/mol. The second-order valence-corrected chi connectivity index (χ2v) is 6.11. The molecule has 1 fully saturated rings. The Labute approximate surface area is 128 Å². The van der Waals surface area contributed by atoms with Gasteiger partial charge in [-0.1, -0.05) is 12.1 Å². The van der Waals surface area contributed by atoms with Crippen LogP contribution in [0.3, 0.4) is 0 Å². The van der Waals surface area contributed by atoms with Gasteiger partial charge in [0.25, 0.3) is 0 Å². The fraction of sp³-hybridized carbons (Fsp3) is 0.375. The number of hydrogen-bond donors (Lipinski definition) is 1. The number of carbonyl (C=O) groups is 1.